The monoisotopic (exact) mass is 276 g/mol. The molecule has 1 aromatic heterocycles. The quantitative estimate of drug-likeness (QED) is 0.499. The highest BCUT2D eigenvalue weighted by atomic mass is 16.2. The van der Waals surface area contributed by atoms with Crippen LogP contribution in [0.3, 0.4) is 0 Å². The average Bonchev–Trinajstić information content (AvgIpc) is 2.44. The van der Waals surface area contributed by atoms with Gasteiger partial charge < -0.3 is 0 Å². The number of carbonyl (C=O) groups excluding carboxylic acids is 1. The Morgan fingerprint density at radius 2 is 2.20 bits per heavy atom. The largest absolute Gasteiger partial charge is 0.294 e. The summed E-state index contributed by atoms with van der Waals surface area (Å²) in [6, 6.07) is 4.24. The number of hydrogen-bond donors (Lipinski definition) is 2. The lowest BCUT2D eigenvalue weighted by Crippen LogP contribution is -2.45. The maximum absolute atomic E-state index is 11.4. The molecule has 20 heavy (non-hydrogen) atoms. The lowest BCUT2D eigenvalue weighted by atomic mass is 9.86. The first-order chi connectivity index (χ1) is 9.51. The zero-order valence-electron chi connectivity index (χ0n) is 12.5. The van der Waals surface area contributed by atoms with Gasteiger partial charge in [-0.2, -0.15) is 0 Å². The zero-order chi connectivity index (χ0) is 14.7. The molecular formula is C15H24N4O. The van der Waals surface area contributed by atoms with Crippen LogP contribution in [-0.2, 0) is 6.54 Å². The third kappa shape index (κ3) is 3.35. The van der Waals surface area contributed by atoms with Crippen LogP contribution in [0, 0.1) is 11.8 Å². The normalized spacial score (nSPS) is 27.3. The second-order valence-corrected chi connectivity index (χ2v) is 6.00. The van der Waals surface area contributed by atoms with Crippen molar-refractivity contribution in [3.8, 4) is 0 Å². The molecule has 5 heteroatoms. The van der Waals surface area contributed by atoms with Gasteiger partial charge in [0, 0.05) is 25.3 Å². The maximum atomic E-state index is 11.4. The van der Waals surface area contributed by atoms with Crippen LogP contribution in [0.25, 0.3) is 0 Å². The third-order valence-electron chi connectivity index (χ3n) is 4.30. The first kappa shape index (κ1) is 14.9. The number of aromatic nitrogens is 1. The molecule has 1 aliphatic heterocycles. The lowest BCUT2D eigenvalue weighted by Gasteiger charge is -2.40. The van der Waals surface area contributed by atoms with Crippen LogP contribution >= 0.6 is 0 Å². The molecule has 1 fully saturated rings. The van der Waals surface area contributed by atoms with Crippen molar-refractivity contribution in [3.05, 3.63) is 29.6 Å². The Balaban J connectivity index is 2.04. The molecule has 1 aliphatic rings. The smallest absolute Gasteiger partial charge is 0.266 e. The fourth-order valence-corrected chi connectivity index (χ4v) is 2.98. The molecule has 0 bridgehead atoms. The number of hydrazine groups is 1. The summed E-state index contributed by atoms with van der Waals surface area (Å²) in [5, 5.41) is 0. The second-order valence-electron chi connectivity index (χ2n) is 6.00. The lowest BCUT2D eigenvalue weighted by molar-refractivity contribution is 0.0718. The molecule has 2 rings (SSSR count). The van der Waals surface area contributed by atoms with Gasteiger partial charge in [-0.25, -0.2) is 5.84 Å². The SMILES string of the molecule is CC1CC(C)C(C)N(Cc2ccc(C(=O)NN)cn2)C1. The molecule has 3 unspecified atom stereocenters. The molecule has 110 valence electrons. The molecular weight excluding hydrogens is 252 g/mol. The molecule has 1 amide bonds. The topological polar surface area (TPSA) is 71.2 Å². The maximum Gasteiger partial charge on any atom is 0.266 e. The fourth-order valence-electron chi connectivity index (χ4n) is 2.98. The van der Waals surface area contributed by atoms with Crippen LogP contribution in [0.4, 0.5) is 0 Å². The Hall–Kier alpha value is -1.46. The molecule has 2 heterocycles. The van der Waals surface area contributed by atoms with Gasteiger partial charge in [0.15, 0.2) is 0 Å². The van der Waals surface area contributed by atoms with Gasteiger partial charge in [0.05, 0.1) is 11.3 Å². The number of rotatable bonds is 3. The van der Waals surface area contributed by atoms with Gasteiger partial charge in [0.25, 0.3) is 5.91 Å². The highest BCUT2D eigenvalue weighted by Gasteiger charge is 2.28. The van der Waals surface area contributed by atoms with Gasteiger partial charge >= 0.3 is 0 Å². The van der Waals surface area contributed by atoms with E-state index in [2.05, 4.69) is 36.1 Å². The van der Waals surface area contributed by atoms with E-state index in [9.17, 15) is 4.79 Å². The van der Waals surface area contributed by atoms with E-state index in [1.54, 1.807) is 12.3 Å². The van der Waals surface area contributed by atoms with E-state index < -0.39 is 0 Å². The molecule has 1 saturated heterocycles. The predicted octanol–water partition coefficient (Wildman–Crippen LogP) is 1.55. The van der Waals surface area contributed by atoms with Crippen molar-refractivity contribution in [2.75, 3.05) is 6.54 Å². The van der Waals surface area contributed by atoms with Gasteiger partial charge in [-0.1, -0.05) is 13.8 Å². The Bertz CT molecular complexity index is 459. The van der Waals surface area contributed by atoms with Crippen molar-refractivity contribution in [3.63, 3.8) is 0 Å². The van der Waals surface area contributed by atoms with E-state index >= 15 is 0 Å². The Labute approximate surface area is 120 Å². The fraction of sp³-hybridized carbons (Fsp3) is 0.600. The minimum absolute atomic E-state index is 0.308. The Kier molecular flexibility index (Phi) is 4.73. The van der Waals surface area contributed by atoms with Crippen LogP contribution in [-0.4, -0.2) is 28.4 Å². The number of pyridine rings is 1. The van der Waals surface area contributed by atoms with Crippen LogP contribution in [0.5, 0.6) is 0 Å². The summed E-state index contributed by atoms with van der Waals surface area (Å²) in [5.74, 6) is 6.23. The van der Waals surface area contributed by atoms with Crippen LogP contribution in [0.15, 0.2) is 18.3 Å². The number of amides is 1. The van der Waals surface area contributed by atoms with Crippen molar-refractivity contribution in [1.82, 2.24) is 15.3 Å². The number of hydrogen-bond acceptors (Lipinski definition) is 4. The third-order valence-corrected chi connectivity index (χ3v) is 4.30. The van der Waals surface area contributed by atoms with Crippen LogP contribution < -0.4 is 11.3 Å². The highest BCUT2D eigenvalue weighted by molar-refractivity contribution is 5.93. The van der Waals surface area contributed by atoms with Gasteiger partial charge in [-0.3, -0.25) is 20.1 Å². The summed E-state index contributed by atoms with van der Waals surface area (Å²) in [6.07, 6.45) is 2.87. The summed E-state index contributed by atoms with van der Waals surface area (Å²) < 4.78 is 0. The molecule has 0 radical (unpaired) electrons. The highest BCUT2D eigenvalue weighted by Crippen LogP contribution is 2.27. The molecule has 0 aromatic carbocycles. The Morgan fingerprint density at radius 3 is 2.80 bits per heavy atom. The molecule has 3 N–H and O–H groups in total. The average molecular weight is 276 g/mol. The summed E-state index contributed by atoms with van der Waals surface area (Å²) >= 11 is 0. The standard InChI is InChI=1S/C15H24N4O/c1-10-6-11(2)12(3)19(8-10)9-14-5-4-13(7-17-14)15(20)18-16/h4-5,7,10-12H,6,8-9,16H2,1-3H3,(H,18,20). The molecule has 5 nitrogen and oxygen atoms in total. The molecule has 0 saturated carbocycles. The van der Waals surface area contributed by atoms with Crippen LogP contribution in [0.2, 0.25) is 0 Å². The Morgan fingerprint density at radius 1 is 1.45 bits per heavy atom. The number of nitrogens with two attached hydrogens (primary N) is 1. The number of carbonyl (C=O) groups is 1. The summed E-state index contributed by atoms with van der Waals surface area (Å²) in [7, 11) is 0. The van der Waals surface area contributed by atoms with E-state index in [1.807, 2.05) is 6.07 Å². The molecule has 1 aromatic rings. The van der Waals surface area contributed by atoms with Gasteiger partial charge in [-0.05, 0) is 37.3 Å². The first-order valence-electron chi connectivity index (χ1n) is 7.21. The van der Waals surface area contributed by atoms with E-state index in [0.717, 1.165) is 24.7 Å². The molecule has 0 spiro atoms. The summed E-state index contributed by atoms with van der Waals surface area (Å²) in [5.41, 5.74) is 3.59. The summed E-state index contributed by atoms with van der Waals surface area (Å²) in [4.78, 5) is 18.2. The predicted molar refractivity (Wildman–Crippen MR) is 78.7 cm³/mol. The molecule has 0 aliphatic carbocycles. The van der Waals surface area contributed by atoms with E-state index in [-0.39, 0.29) is 5.91 Å². The summed E-state index contributed by atoms with van der Waals surface area (Å²) in [6.45, 7) is 8.85. The number of nitrogens with zero attached hydrogens (tertiary/aromatic N) is 2. The first-order valence-corrected chi connectivity index (χ1v) is 7.21. The number of piperidine rings is 1. The minimum Gasteiger partial charge on any atom is -0.294 e. The van der Waals surface area contributed by atoms with Crippen LogP contribution in [0.1, 0.15) is 43.2 Å². The number of nitrogen functional groups attached to an aromatic ring is 1. The second kappa shape index (κ2) is 6.33. The van der Waals surface area contributed by atoms with Crippen molar-refractivity contribution in [2.45, 2.75) is 39.8 Å². The van der Waals surface area contributed by atoms with Crippen molar-refractivity contribution in [2.24, 2.45) is 17.7 Å². The van der Waals surface area contributed by atoms with Crippen molar-refractivity contribution < 1.29 is 4.79 Å². The van der Waals surface area contributed by atoms with Crippen molar-refractivity contribution in [1.29, 1.82) is 0 Å². The minimum atomic E-state index is -0.308. The number of likely N-dealkylation sites (tertiary alicyclic amines) is 1. The zero-order valence-corrected chi connectivity index (χ0v) is 12.5. The molecule has 3 atom stereocenters. The van der Waals surface area contributed by atoms with E-state index in [1.165, 1.54) is 6.42 Å². The van der Waals surface area contributed by atoms with Gasteiger partial charge in [0.1, 0.15) is 0 Å². The van der Waals surface area contributed by atoms with Gasteiger partial charge in [-0.15, -0.1) is 0 Å². The van der Waals surface area contributed by atoms with Crippen molar-refractivity contribution >= 4 is 5.91 Å². The van der Waals surface area contributed by atoms with E-state index in [4.69, 9.17) is 5.84 Å². The van der Waals surface area contributed by atoms with E-state index in [0.29, 0.717) is 17.5 Å². The van der Waals surface area contributed by atoms with Gasteiger partial charge in [0.2, 0.25) is 0 Å². The number of nitrogens with one attached hydrogen (secondary N) is 1.